The molecule has 3 N–H and O–H groups in total. The Morgan fingerprint density at radius 1 is 1.13 bits per heavy atom. The standard InChI is InChI=1S/C26H27F8N3O6S2/c1-13-3-2-8-37(13)22(39)17-18(44-21(36-17)20(38)35-12-23(40)6-9-45(42,43)10-7-23)15-5-4-14(11-16(15)19(27)28)24(41,25(29,30)31)26(32,33)34/h4-5,11,13,19,40-41H,2-3,6-10,12H2,1H3,(H,35,38)/t13-/m0/s1. The van der Waals surface area contributed by atoms with Crippen molar-refractivity contribution in [2.75, 3.05) is 24.6 Å². The number of carbonyl (C=O) groups is 2. The smallest absolute Gasteiger partial charge is 0.388 e. The molecular weight excluding hydrogens is 666 g/mol. The van der Waals surface area contributed by atoms with Crippen molar-refractivity contribution in [2.45, 2.75) is 68.6 Å². The molecule has 9 nitrogen and oxygen atoms in total. The maximum Gasteiger partial charge on any atom is 0.430 e. The van der Waals surface area contributed by atoms with Crippen LogP contribution in [0.3, 0.4) is 0 Å². The predicted molar refractivity (Wildman–Crippen MR) is 143 cm³/mol. The minimum absolute atomic E-state index is 0.153. The first kappa shape index (κ1) is 35.0. The Balaban J connectivity index is 1.78. The largest absolute Gasteiger partial charge is 0.430 e. The molecule has 0 saturated carbocycles. The van der Waals surface area contributed by atoms with Crippen LogP contribution in [0.1, 0.15) is 70.4 Å². The molecule has 2 amide bonds. The number of nitrogens with one attached hydrogen (secondary N) is 1. The second-order valence-corrected chi connectivity index (χ2v) is 14.4. The fourth-order valence-corrected chi connectivity index (χ4v) is 7.80. The molecule has 0 aliphatic carbocycles. The summed E-state index contributed by atoms with van der Waals surface area (Å²) >= 11 is 0.362. The van der Waals surface area contributed by atoms with Crippen LogP contribution in [0.5, 0.6) is 0 Å². The van der Waals surface area contributed by atoms with Gasteiger partial charge in [-0.2, -0.15) is 26.3 Å². The number of aromatic nitrogens is 1. The molecular formula is C26H27F8N3O6S2. The molecule has 0 radical (unpaired) electrons. The van der Waals surface area contributed by atoms with Crippen LogP contribution in [-0.2, 0) is 15.4 Å². The van der Waals surface area contributed by atoms with E-state index in [9.17, 15) is 63.3 Å². The molecule has 3 heterocycles. The van der Waals surface area contributed by atoms with Gasteiger partial charge in [0.2, 0.25) is 0 Å². The summed E-state index contributed by atoms with van der Waals surface area (Å²) in [6, 6.07) is 0.122. The number of carbonyl (C=O) groups excluding carboxylic acids is 2. The fourth-order valence-electron chi connectivity index (χ4n) is 5.19. The monoisotopic (exact) mass is 693 g/mol. The van der Waals surface area contributed by atoms with Crippen LogP contribution in [-0.4, -0.2) is 88.9 Å². The molecule has 0 spiro atoms. The van der Waals surface area contributed by atoms with E-state index in [1.165, 1.54) is 4.90 Å². The summed E-state index contributed by atoms with van der Waals surface area (Å²) in [5, 5.41) is 22.3. The molecule has 2 aliphatic rings. The zero-order chi connectivity index (χ0) is 33.8. The summed E-state index contributed by atoms with van der Waals surface area (Å²) in [4.78, 5) is 31.4. The molecule has 0 unspecified atom stereocenters. The number of halogens is 8. The van der Waals surface area contributed by atoms with E-state index in [-0.39, 0.29) is 49.1 Å². The van der Waals surface area contributed by atoms with Gasteiger partial charge in [-0.1, -0.05) is 12.1 Å². The summed E-state index contributed by atoms with van der Waals surface area (Å²) < 4.78 is 133. The lowest BCUT2D eigenvalue weighted by Gasteiger charge is -2.33. The third-order valence-corrected chi connectivity index (χ3v) is 10.7. The van der Waals surface area contributed by atoms with Gasteiger partial charge in [-0.3, -0.25) is 9.59 Å². The van der Waals surface area contributed by atoms with E-state index in [1.54, 1.807) is 6.92 Å². The lowest BCUT2D eigenvalue weighted by Crippen LogP contribution is -2.54. The number of rotatable bonds is 7. The third kappa shape index (κ3) is 6.80. The van der Waals surface area contributed by atoms with Gasteiger partial charge in [-0.05, 0) is 38.7 Å². The van der Waals surface area contributed by atoms with Crippen molar-refractivity contribution in [1.82, 2.24) is 15.2 Å². The Labute approximate surface area is 255 Å². The highest BCUT2D eigenvalue weighted by molar-refractivity contribution is 7.91. The van der Waals surface area contributed by atoms with Crippen LogP contribution in [0.25, 0.3) is 10.4 Å². The molecule has 4 rings (SSSR count). The van der Waals surface area contributed by atoms with Gasteiger partial charge in [-0.25, -0.2) is 22.2 Å². The van der Waals surface area contributed by atoms with Crippen molar-refractivity contribution < 1.29 is 63.3 Å². The number of hydrogen-bond donors (Lipinski definition) is 3. The Hall–Kier alpha value is -2.90. The average Bonchev–Trinajstić information content (AvgIpc) is 3.58. The zero-order valence-electron chi connectivity index (χ0n) is 23.3. The Morgan fingerprint density at radius 3 is 2.24 bits per heavy atom. The predicted octanol–water partition coefficient (Wildman–Crippen LogP) is 4.35. The molecule has 1 aromatic carbocycles. The molecule has 1 aromatic heterocycles. The normalized spacial score (nSPS) is 20.4. The first-order chi connectivity index (χ1) is 20.6. The molecule has 250 valence electrons. The number of amides is 2. The van der Waals surface area contributed by atoms with Crippen LogP contribution in [0.4, 0.5) is 35.1 Å². The first-order valence-corrected chi connectivity index (χ1v) is 16.1. The maximum atomic E-state index is 14.3. The summed E-state index contributed by atoms with van der Waals surface area (Å²) in [6.07, 6.45) is -15.6. The average molecular weight is 694 g/mol. The van der Waals surface area contributed by atoms with Gasteiger partial charge in [-0.15, -0.1) is 11.3 Å². The Bertz CT molecular complexity index is 1550. The maximum absolute atomic E-state index is 14.3. The number of aliphatic hydroxyl groups is 2. The van der Waals surface area contributed by atoms with Crippen molar-refractivity contribution in [1.29, 1.82) is 0 Å². The number of nitrogens with zero attached hydrogens (tertiary/aromatic N) is 2. The second-order valence-electron chi connectivity index (χ2n) is 11.1. The zero-order valence-corrected chi connectivity index (χ0v) is 24.9. The number of thiazole rings is 1. The summed E-state index contributed by atoms with van der Waals surface area (Å²) in [5.41, 5.74) is -11.7. The quantitative estimate of drug-likeness (QED) is 0.367. The molecule has 2 saturated heterocycles. The van der Waals surface area contributed by atoms with Crippen LogP contribution >= 0.6 is 11.3 Å². The van der Waals surface area contributed by atoms with E-state index in [4.69, 9.17) is 0 Å². The van der Waals surface area contributed by atoms with Gasteiger partial charge in [0.25, 0.3) is 23.8 Å². The van der Waals surface area contributed by atoms with E-state index in [0.29, 0.717) is 30.2 Å². The number of hydrogen-bond acceptors (Lipinski definition) is 8. The van der Waals surface area contributed by atoms with Gasteiger partial charge in [0, 0.05) is 35.8 Å². The van der Waals surface area contributed by atoms with Crippen LogP contribution in [0.15, 0.2) is 18.2 Å². The number of sulfone groups is 1. The van der Waals surface area contributed by atoms with Crippen molar-refractivity contribution in [3.05, 3.63) is 40.0 Å². The highest BCUT2D eigenvalue weighted by Crippen LogP contribution is 2.51. The van der Waals surface area contributed by atoms with Crippen LogP contribution < -0.4 is 5.32 Å². The Morgan fingerprint density at radius 2 is 1.73 bits per heavy atom. The van der Waals surface area contributed by atoms with Gasteiger partial charge in [0.05, 0.1) is 22.0 Å². The third-order valence-electron chi connectivity index (χ3n) is 7.94. The van der Waals surface area contributed by atoms with Gasteiger partial charge in [0.15, 0.2) is 14.8 Å². The van der Waals surface area contributed by atoms with E-state index < -0.39 is 90.4 Å². The molecule has 45 heavy (non-hydrogen) atoms. The van der Waals surface area contributed by atoms with E-state index in [0.717, 1.165) is 0 Å². The minimum atomic E-state index is -6.35. The molecule has 2 aromatic rings. The lowest BCUT2D eigenvalue weighted by atomic mass is 9.89. The van der Waals surface area contributed by atoms with E-state index in [2.05, 4.69) is 10.3 Å². The molecule has 2 aliphatic heterocycles. The van der Waals surface area contributed by atoms with E-state index in [1.807, 2.05) is 0 Å². The van der Waals surface area contributed by atoms with Gasteiger partial charge in [0.1, 0.15) is 5.69 Å². The molecule has 19 heteroatoms. The number of likely N-dealkylation sites (tertiary alicyclic amines) is 1. The highest BCUT2D eigenvalue weighted by Gasteiger charge is 2.71. The molecule has 2 fully saturated rings. The second kappa shape index (κ2) is 12.0. The van der Waals surface area contributed by atoms with E-state index >= 15 is 0 Å². The van der Waals surface area contributed by atoms with Crippen molar-refractivity contribution in [2.24, 2.45) is 0 Å². The lowest BCUT2D eigenvalue weighted by molar-refractivity contribution is -0.376. The Kier molecular flexibility index (Phi) is 9.35. The minimum Gasteiger partial charge on any atom is -0.388 e. The first-order valence-electron chi connectivity index (χ1n) is 13.4. The van der Waals surface area contributed by atoms with Gasteiger partial charge < -0.3 is 20.4 Å². The fraction of sp³-hybridized carbons (Fsp3) is 0.577. The summed E-state index contributed by atoms with van der Waals surface area (Å²) in [7, 11) is -3.37. The molecule has 1 atom stereocenters. The topological polar surface area (TPSA) is 137 Å². The number of benzene rings is 1. The van der Waals surface area contributed by atoms with Crippen LogP contribution in [0.2, 0.25) is 0 Å². The SMILES string of the molecule is C[C@H]1CCCN1C(=O)c1nc(C(=O)NCC2(O)CCS(=O)(=O)CC2)sc1-c1ccc(C(O)(C(F)(F)F)C(F)(F)F)cc1C(F)F. The molecule has 0 bridgehead atoms. The number of alkyl halides is 8. The van der Waals surface area contributed by atoms with Crippen molar-refractivity contribution in [3.8, 4) is 10.4 Å². The van der Waals surface area contributed by atoms with Crippen molar-refractivity contribution in [3.63, 3.8) is 0 Å². The van der Waals surface area contributed by atoms with Crippen molar-refractivity contribution >= 4 is 33.0 Å². The highest BCUT2D eigenvalue weighted by atomic mass is 32.2. The van der Waals surface area contributed by atoms with Crippen LogP contribution in [0, 0.1) is 0 Å². The van der Waals surface area contributed by atoms with Gasteiger partial charge >= 0.3 is 12.4 Å². The summed E-state index contributed by atoms with van der Waals surface area (Å²) in [5.74, 6) is -2.50. The summed E-state index contributed by atoms with van der Waals surface area (Å²) in [6.45, 7) is 1.47.